The molecule has 2 unspecified atom stereocenters. The van der Waals surface area contributed by atoms with Crippen LogP contribution in [0.4, 0.5) is 0 Å². The van der Waals surface area contributed by atoms with Crippen LogP contribution in [-0.2, 0) is 9.59 Å². The van der Waals surface area contributed by atoms with Gasteiger partial charge in [0.05, 0.1) is 10.4 Å². The van der Waals surface area contributed by atoms with E-state index in [2.05, 4.69) is 5.32 Å². The summed E-state index contributed by atoms with van der Waals surface area (Å²) in [7, 11) is 0. The fraction of sp³-hybridized carbons (Fsp3) is 0.727. The van der Waals surface area contributed by atoms with E-state index in [1.165, 1.54) is 0 Å². The van der Waals surface area contributed by atoms with Crippen molar-refractivity contribution in [1.29, 1.82) is 0 Å². The highest BCUT2D eigenvalue weighted by atomic mass is 32.1. The Balaban J connectivity index is 4.94. The molecule has 0 aromatic rings. The fourth-order valence-corrected chi connectivity index (χ4v) is 1.55. The van der Waals surface area contributed by atoms with E-state index in [1.54, 1.807) is 20.8 Å². The summed E-state index contributed by atoms with van der Waals surface area (Å²) in [6.45, 7) is 7.08. The standard InChI is InChI=1S/C11H21N3O2S/c1-5-11(4,9(13)17)10(16)14-7(6(2)3)8(12)15/h6-7H,5H2,1-4H3,(H2,12,15)(H2,13,17)(H,14,16). The topological polar surface area (TPSA) is 98.2 Å². The average Bonchev–Trinajstić information content (AvgIpc) is 2.22. The Morgan fingerprint density at radius 1 is 1.35 bits per heavy atom. The molecule has 5 nitrogen and oxygen atoms in total. The molecule has 0 aliphatic heterocycles. The zero-order valence-corrected chi connectivity index (χ0v) is 11.6. The van der Waals surface area contributed by atoms with Crippen molar-refractivity contribution < 1.29 is 9.59 Å². The quantitative estimate of drug-likeness (QED) is 0.598. The molecule has 5 N–H and O–H groups in total. The summed E-state index contributed by atoms with van der Waals surface area (Å²) in [4.78, 5) is 23.4. The Kier molecular flexibility index (Phi) is 5.54. The predicted molar refractivity (Wildman–Crippen MR) is 71.1 cm³/mol. The molecule has 0 aromatic heterocycles. The van der Waals surface area contributed by atoms with Gasteiger partial charge >= 0.3 is 0 Å². The normalized spacial score (nSPS) is 16.1. The number of nitrogens with two attached hydrogens (primary N) is 2. The van der Waals surface area contributed by atoms with Crippen molar-refractivity contribution in [1.82, 2.24) is 5.32 Å². The van der Waals surface area contributed by atoms with E-state index in [0.717, 1.165) is 0 Å². The van der Waals surface area contributed by atoms with Crippen LogP contribution in [0, 0.1) is 11.3 Å². The minimum Gasteiger partial charge on any atom is -0.392 e. The van der Waals surface area contributed by atoms with Crippen molar-refractivity contribution in [2.75, 3.05) is 0 Å². The van der Waals surface area contributed by atoms with Crippen molar-refractivity contribution >= 4 is 29.0 Å². The molecule has 6 heteroatoms. The summed E-state index contributed by atoms with van der Waals surface area (Å²) in [6.07, 6.45) is 0.470. The van der Waals surface area contributed by atoms with Gasteiger partial charge in [-0.3, -0.25) is 9.59 Å². The minimum atomic E-state index is -0.947. The molecule has 0 fully saturated rings. The molecule has 0 aliphatic rings. The van der Waals surface area contributed by atoms with Gasteiger partial charge in [0.15, 0.2) is 0 Å². The molecule has 0 bridgehead atoms. The van der Waals surface area contributed by atoms with Crippen LogP contribution in [0.15, 0.2) is 0 Å². The highest BCUT2D eigenvalue weighted by molar-refractivity contribution is 7.80. The van der Waals surface area contributed by atoms with Gasteiger partial charge in [0.25, 0.3) is 0 Å². The number of hydrogen-bond acceptors (Lipinski definition) is 3. The summed E-state index contributed by atoms with van der Waals surface area (Å²) in [5, 5.41) is 2.61. The Labute approximate surface area is 107 Å². The number of nitrogens with one attached hydrogen (secondary N) is 1. The molecular formula is C11H21N3O2S. The molecule has 0 aromatic carbocycles. The van der Waals surface area contributed by atoms with Crippen LogP contribution in [-0.4, -0.2) is 22.8 Å². The van der Waals surface area contributed by atoms with Gasteiger partial charge in [0.1, 0.15) is 6.04 Å². The number of amides is 2. The number of thiocarbonyl (C=S) groups is 1. The Morgan fingerprint density at radius 3 is 2.06 bits per heavy atom. The Hall–Kier alpha value is -1.17. The van der Waals surface area contributed by atoms with Gasteiger partial charge in [0.2, 0.25) is 11.8 Å². The molecule has 0 heterocycles. The molecule has 0 spiro atoms. The second-order valence-corrected chi connectivity index (χ2v) is 5.09. The summed E-state index contributed by atoms with van der Waals surface area (Å²) in [5.74, 6) is -0.997. The van der Waals surface area contributed by atoms with Crippen molar-refractivity contribution in [3.05, 3.63) is 0 Å². The number of rotatable bonds is 6. The largest absolute Gasteiger partial charge is 0.392 e. The highest BCUT2D eigenvalue weighted by Crippen LogP contribution is 2.22. The van der Waals surface area contributed by atoms with Crippen LogP contribution in [0.2, 0.25) is 0 Å². The molecule has 98 valence electrons. The lowest BCUT2D eigenvalue weighted by Gasteiger charge is -2.29. The molecule has 0 saturated carbocycles. The smallest absolute Gasteiger partial charge is 0.240 e. The van der Waals surface area contributed by atoms with E-state index in [0.29, 0.717) is 6.42 Å². The van der Waals surface area contributed by atoms with Crippen LogP contribution >= 0.6 is 12.2 Å². The Morgan fingerprint density at radius 2 is 1.82 bits per heavy atom. The second kappa shape index (κ2) is 5.95. The summed E-state index contributed by atoms with van der Waals surface area (Å²) < 4.78 is 0. The van der Waals surface area contributed by atoms with Crippen molar-refractivity contribution in [3.8, 4) is 0 Å². The van der Waals surface area contributed by atoms with E-state index in [9.17, 15) is 9.59 Å². The maximum absolute atomic E-state index is 12.1. The predicted octanol–water partition coefficient (Wildman–Crippen LogP) is 0.315. The van der Waals surface area contributed by atoms with E-state index in [1.807, 2.05) is 6.92 Å². The Bertz CT molecular complexity index is 331. The fourth-order valence-electron chi connectivity index (χ4n) is 1.31. The molecular weight excluding hydrogens is 238 g/mol. The van der Waals surface area contributed by atoms with Crippen LogP contribution in [0.1, 0.15) is 34.1 Å². The lowest BCUT2D eigenvalue weighted by Crippen LogP contribution is -2.54. The van der Waals surface area contributed by atoms with Gasteiger partial charge in [-0.25, -0.2) is 0 Å². The first kappa shape index (κ1) is 15.8. The molecule has 0 saturated heterocycles. The second-order valence-electron chi connectivity index (χ2n) is 4.65. The van der Waals surface area contributed by atoms with Gasteiger partial charge in [-0.15, -0.1) is 0 Å². The van der Waals surface area contributed by atoms with Crippen molar-refractivity contribution in [2.45, 2.75) is 40.2 Å². The number of carbonyl (C=O) groups excluding carboxylic acids is 2. The number of primary amides is 1. The maximum atomic E-state index is 12.1. The SMILES string of the molecule is CCC(C)(C(=O)NC(C(N)=O)C(C)C)C(N)=S. The summed E-state index contributed by atoms with van der Waals surface area (Å²) in [5.41, 5.74) is 9.85. The van der Waals surface area contributed by atoms with E-state index in [-0.39, 0.29) is 16.8 Å². The first-order chi connectivity index (χ1) is 7.66. The first-order valence-electron chi connectivity index (χ1n) is 5.57. The zero-order valence-electron chi connectivity index (χ0n) is 10.7. The zero-order chi connectivity index (χ0) is 13.8. The lowest BCUT2D eigenvalue weighted by atomic mass is 9.85. The van der Waals surface area contributed by atoms with Crippen LogP contribution < -0.4 is 16.8 Å². The third-order valence-electron chi connectivity index (χ3n) is 3.01. The maximum Gasteiger partial charge on any atom is 0.240 e. The van der Waals surface area contributed by atoms with Gasteiger partial charge in [-0.2, -0.15) is 0 Å². The highest BCUT2D eigenvalue weighted by Gasteiger charge is 2.37. The minimum absolute atomic E-state index is 0.0797. The van der Waals surface area contributed by atoms with Crippen molar-refractivity contribution in [2.24, 2.45) is 22.8 Å². The average molecular weight is 259 g/mol. The first-order valence-corrected chi connectivity index (χ1v) is 5.97. The van der Waals surface area contributed by atoms with E-state index < -0.39 is 17.4 Å². The van der Waals surface area contributed by atoms with Gasteiger partial charge in [0, 0.05) is 0 Å². The molecule has 0 radical (unpaired) electrons. The summed E-state index contributed by atoms with van der Waals surface area (Å²) >= 11 is 4.89. The van der Waals surface area contributed by atoms with E-state index in [4.69, 9.17) is 23.7 Å². The number of hydrogen-bond donors (Lipinski definition) is 3. The van der Waals surface area contributed by atoms with Crippen LogP contribution in [0.25, 0.3) is 0 Å². The monoisotopic (exact) mass is 259 g/mol. The third-order valence-corrected chi connectivity index (χ3v) is 3.46. The van der Waals surface area contributed by atoms with Crippen LogP contribution in [0.3, 0.4) is 0 Å². The molecule has 2 atom stereocenters. The molecule has 0 rings (SSSR count). The molecule has 2 amide bonds. The molecule has 0 aliphatic carbocycles. The molecule has 17 heavy (non-hydrogen) atoms. The van der Waals surface area contributed by atoms with Crippen LogP contribution in [0.5, 0.6) is 0 Å². The van der Waals surface area contributed by atoms with Gasteiger partial charge in [-0.1, -0.05) is 33.0 Å². The third kappa shape index (κ3) is 3.66. The number of carbonyl (C=O) groups is 2. The van der Waals surface area contributed by atoms with Gasteiger partial charge < -0.3 is 16.8 Å². The lowest BCUT2D eigenvalue weighted by molar-refractivity contribution is -0.132. The van der Waals surface area contributed by atoms with Gasteiger partial charge in [-0.05, 0) is 19.3 Å². The van der Waals surface area contributed by atoms with E-state index >= 15 is 0 Å². The van der Waals surface area contributed by atoms with Crippen molar-refractivity contribution in [3.63, 3.8) is 0 Å². The summed E-state index contributed by atoms with van der Waals surface area (Å²) in [6, 6.07) is -0.706.